The molecule has 1 amide bonds. The largest absolute Gasteiger partial charge is 0.365 e. The Bertz CT molecular complexity index is 1020. The molecule has 1 saturated heterocycles. The Morgan fingerprint density at radius 1 is 1.25 bits per heavy atom. The summed E-state index contributed by atoms with van der Waals surface area (Å²) in [6.07, 6.45) is 3.17. The molecule has 0 radical (unpaired) electrons. The number of halogens is 1. The van der Waals surface area contributed by atoms with Crippen LogP contribution in [0.15, 0.2) is 23.0 Å². The standard InChI is InChI=1S/C16H15ClN4O2S/c17-9-4-5-10-11(8-9)24-16-19-14(20-6-2-1-3-7-20)12(13(18)22)15(23)21(10)16/h4-5,8H,1-3,6-7H2,(H2,18,22). The molecule has 6 nitrogen and oxygen atoms in total. The predicted molar refractivity (Wildman–Crippen MR) is 96.4 cm³/mol. The second-order valence-corrected chi connectivity index (χ2v) is 7.31. The van der Waals surface area contributed by atoms with E-state index in [-0.39, 0.29) is 5.56 Å². The fraction of sp³-hybridized carbons (Fsp3) is 0.312. The molecule has 1 aliphatic heterocycles. The number of hydrogen-bond acceptors (Lipinski definition) is 5. The van der Waals surface area contributed by atoms with Crippen molar-refractivity contribution in [3.8, 4) is 0 Å². The van der Waals surface area contributed by atoms with Gasteiger partial charge in [0.1, 0.15) is 11.4 Å². The Kier molecular flexibility index (Phi) is 3.69. The third-order valence-electron chi connectivity index (χ3n) is 4.30. The van der Waals surface area contributed by atoms with Gasteiger partial charge in [-0.05, 0) is 37.5 Å². The van der Waals surface area contributed by atoms with E-state index in [0.717, 1.165) is 37.1 Å². The van der Waals surface area contributed by atoms with Crippen molar-refractivity contribution >= 4 is 49.8 Å². The molecule has 4 rings (SSSR count). The van der Waals surface area contributed by atoms with Gasteiger partial charge in [0.15, 0.2) is 4.96 Å². The zero-order chi connectivity index (χ0) is 16.8. The van der Waals surface area contributed by atoms with Crippen LogP contribution in [-0.4, -0.2) is 28.4 Å². The van der Waals surface area contributed by atoms with Gasteiger partial charge in [-0.15, -0.1) is 0 Å². The number of rotatable bonds is 2. The van der Waals surface area contributed by atoms with Gasteiger partial charge < -0.3 is 10.6 Å². The van der Waals surface area contributed by atoms with Gasteiger partial charge in [0.25, 0.3) is 11.5 Å². The fourth-order valence-electron chi connectivity index (χ4n) is 3.17. The average molecular weight is 363 g/mol. The Morgan fingerprint density at radius 2 is 2.00 bits per heavy atom. The molecular weight excluding hydrogens is 348 g/mol. The highest BCUT2D eigenvalue weighted by molar-refractivity contribution is 7.23. The first-order valence-electron chi connectivity index (χ1n) is 7.76. The third kappa shape index (κ3) is 2.35. The molecule has 1 aromatic carbocycles. The number of piperidine rings is 1. The number of benzene rings is 1. The summed E-state index contributed by atoms with van der Waals surface area (Å²) < 4.78 is 2.29. The van der Waals surface area contributed by atoms with Gasteiger partial charge in [-0.2, -0.15) is 0 Å². The molecule has 1 aliphatic rings. The van der Waals surface area contributed by atoms with Crippen LogP contribution in [0.1, 0.15) is 29.6 Å². The first-order valence-corrected chi connectivity index (χ1v) is 8.95. The van der Waals surface area contributed by atoms with Crippen LogP contribution in [-0.2, 0) is 0 Å². The molecule has 124 valence electrons. The molecular formula is C16H15ClN4O2S. The molecule has 0 unspecified atom stereocenters. The van der Waals surface area contributed by atoms with Crippen molar-refractivity contribution < 1.29 is 4.79 Å². The molecule has 1 fully saturated rings. The SMILES string of the molecule is NC(=O)c1c(N2CCCCC2)nc2sc3cc(Cl)ccc3n2c1=O. The Labute approximate surface area is 146 Å². The van der Waals surface area contributed by atoms with E-state index in [1.807, 2.05) is 4.90 Å². The second-order valence-electron chi connectivity index (χ2n) is 5.86. The number of fused-ring (bicyclic) bond motifs is 3. The molecule has 0 bridgehead atoms. The average Bonchev–Trinajstić information content (AvgIpc) is 2.92. The topological polar surface area (TPSA) is 80.7 Å². The van der Waals surface area contributed by atoms with Crippen molar-refractivity contribution in [1.82, 2.24) is 9.38 Å². The summed E-state index contributed by atoms with van der Waals surface area (Å²) in [5.74, 6) is -0.333. The third-order valence-corrected chi connectivity index (χ3v) is 5.54. The summed E-state index contributed by atoms with van der Waals surface area (Å²) in [6.45, 7) is 1.55. The number of thiazole rings is 1. The highest BCUT2D eigenvalue weighted by Gasteiger charge is 2.25. The number of nitrogens with two attached hydrogens (primary N) is 1. The number of aromatic nitrogens is 2. The maximum absolute atomic E-state index is 13.0. The van der Waals surface area contributed by atoms with E-state index in [0.29, 0.717) is 21.3 Å². The van der Waals surface area contributed by atoms with Crippen LogP contribution in [0.3, 0.4) is 0 Å². The molecule has 2 aromatic heterocycles. The van der Waals surface area contributed by atoms with Gasteiger partial charge in [-0.1, -0.05) is 22.9 Å². The van der Waals surface area contributed by atoms with Crippen LogP contribution in [0.5, 0.6) is 0 Å². The zero-order valence-electron chi connectivity index (χ0n) is 12.8. The lowest BCUT2D eigenvalue weighted by atomic mass is 10.1. The van der Waals surface area contributed by atoms with Crippen LogP contribution < -0.4 is 16.2 Å². The quantitative estimate of drug-likeness (QED) is 0.759. The van der Waals surface area contributed by atoms with Crippen LogP contribution in [0, 0.1) is 0 Å². The minimum Gasteiger partial charge on any atom is -0.365 e. The molecule has 3 aromatic rings. The lowest BCUT2D eigenvalue weighted by Gasteiger charge is -2.28. The maximum atomic E-state index is 13.0. The van der Waals surface area contributed by atoms with Gasteiger partial charge in [0.05, 0.1) is 10.2 Å². The molecule has 0 saturated carbocycles. The van der Waals surface area contributed by atoms with Crippen molar-refractivity contribution in [2.24, 2.45) is 5.73 Å². The summed E-state index contributed by atoms with van der Waals surface area (Å²) in [5.41, 5.74) is 5.75. The number of amides is 1. The minimum atomic E-state index is -0.740. The zero-order valence-corrected chi connectivity index (χ0v) is 14.4. The summed E-state index contributed by atoms with van der Waals surface area (Å²) >= 11 is 7.41. The highest BCUT2D eigenvalue weighted by Crippen LogP contribution is 2.29. The number of nitrogens with zero attached hydrogens (tertiary/aromatic N) is 3. The normalized spacial score (nSPS) is 15.3. The van der Waals surface area contributed by atoms with E-state index in [4.69, 9.17) is 17.3 Å². The number of carbonyl (C=O) groups is 1. The lowest BCUT2D eigenvalue weighted by Crippen LogP contribution is -2.36. The van der Waals surface area contributed by atoms with E-state index in [1.165, 1.54) is 15.7 Å². The fourth-order valence-corrected chi connectivity index (χ4v) is 4.46. The Balaban J connectivity index is 2.05. The number of primary amides is 1. The van der Waals surface area contributed by atoms with Crippen LogP contribution in [0.4, 0.5) is 5.82 Å². The Morgan fingerprint density at radius 3 is 2.71 bits per heavy atom. The molecule has 3 heterocycles. The van der Waals surface area contributed by atoms with E-state index in [1.54, 1.807) is 18.2 Å². The van der Waals surface area contributed by atoms with Crippen LogP contribution in [0.25, 0.3) is 15.2 Å². The van der Waals surface area contributed by atoms with E-state index < -0.39 is 11.5 Å². The molecule has 0 spiro atoms. The monoisotopic (exact) mass is 362 g/mol. The number of hydrogen-bond donors (Lipinski definition) is 1. The predicted octanol–water partition coefficient (Wildman–Crippen LogP) is 2.65. The molecule has 24 heavy (non-hydrogen) atoms. The summed E-state index contributed by atoms with van der Waals surface area (Å²) in [6, 6.07) is 5.26. The van der Waals surface area contributed by atoms with Gasteiger partial charge in [-0.3, -0.25) is 14.0 Å². The minimum absolute atomic E-state index is 0.0379. The molecule has 0 aliphatic carbocycles. The van der Waals surface area contributed by atoms with Crippen molar-refractivity contribution in [2.45, 2.75) is 19.3 Å². The van der Waals surface area contributed by atoms with Crippen molar-refractivity contribution in [3.63, 3.8) is 0 Å². The molecule has 0 atom stereocenters. The van der Waals surface area contributed by atoms with Crippen molar-refractivity contribution in [1.29, 1.82) is 0 Å². The Hall–Kier alpha value is -2.12. The van der Waals surface area contributed by atoms with Gasteiger partial charge in [-0.25, -0.2) is 4.98 Å². The van der Waals surface area contributed by atoms with Crippen LogP contribution >= 0.6 is 22.9 Å². The van der Waals surface area contributed by atoms with Crippen molar-refractivity contribution in [2.75, 3.05) is 18.0 Å². The molecule has 2 N–H and O–H groups in total. The van der Waals surface area contributed by atoms with Crippen molar-refractivity contribution in [3.05, 3.63) is 39.1 Å². The number of anilines is 1. The first kappa shape index (κ1) is 15.4. The highest BCUT2D eigenvalue weighted by atomic mass is 35.5. The summed E-state index contributed by atoms with van der Waals surface area (Å²) in [4.78, 5) is 32.1. The first-order chi connectivity index (χ1) is 11.6. The lowest BCUT2D eigenvalue weighted by molar-refractivity contribution is 0.0999. The van der Waals surface area contributed by atoms with E-state index in [9.17, 15) is 9.59 Å². The van der Waals surface area contributed by atoms with E-state index >= 15 is 0 Å². The number of carbonyl (C=O) groups excluding carboxylic acids is 1. The molecule has 8 heteroatoms. The van der Waals surface area contributed by atoms with Gasteiger partial charge in [0, 0.05) is 18.1 Å². The second kappa shape index (κ2) is 5.75. The van der Waals surface area contributed by atoms with Gasteiger partial charge >= 0.3 is 0 Å². The van der Waals surface area contributed by atoms with Gasteiger partial charge in [0.2, 0.25) is 0 Å². The van der Waals surface area contributed by atoms with E-state index in [2.05, 4.69) is 4.98 Å². The maximum Gasteiger partial charge on any atom is 0.274 e. The summed E-state index contributed by atoms with van der Waals surface area (Å²) in [7, 11) is 0. The smallest absolute Gasteiger partial charge is 0.274 e. The summed E-state index contributed by atoms with van der Waals surface area (Å²) in [5, 5.41) is 0.591. The van der Waals surface area contributed by atoms with Crippen LogP contribution in [0.2, 0.25) is 5.02 Å².